The van der Waals surface area contributed by atoms with Gasteiger partial charge in [-0.2, -0.15) is 0 Å². The molecule has 94 valence electrons. The van der Waals surface area contributed by atoms with E-state index in [1.165, 1.54) is 5.56 Å². The molecule has 0 spiro atoms. The quantitative estimate of drug-likeness (QED) is 0.723. The molecule has 0 unspecified atom stereocenters. The molecule has 0 fully saturated rings. The molecule has 2 aromatic heterocycles. The number of imidazole rings is 1. The van der Waals surface area contributed by atoms with Crippen molar-refractivity contribution in [1.29, 1.82) is 0 Å². The van der Waals surface area contributed by atoms with E-state index in [0.717, 1.165) is 23.3 Å². The summed E-state index contributed by atoms with van der Waals surface area (Å²) in [5.41, 5.74) is 4.01. The Kier molecular flexibility index (Phi) is 2.80. The molecule has 1 N–H and O–H groups in total. The molecule has 0 saturated carbocycles. The maximum Gasteiger partial charge on any atom is 0.137 e. The van der Waals surface area contributed by atoms with Crippen LogP contribution in [0.15, 0.2) is 61.4 Å². The topological polar surface area (TPSA) is 37.5 Å². The number of nitrogens with zero attached hydrogens (tertiary/aromatic N) is 2. The highest BCUT2D eigenvalue weighted by atomic mass is 16.3. The molecule has 3 aromatic rings. The van der Waals surface area contributed by atoms with E-state index in [2.05, 4.69) is 23.8 Å². The lowest BCUT2D eigenvalue weighted by Gasteiger charge is -1.97. The van der Waals surface area contributed by atoms with Gasteiger partial charge in [-0.25, -0.2) is 4.98 Å². The minimum Gasteiger partial charge on any atom is -0.508 e. The molecule has 1 aromatic carbocycles. The lowest BCUT2D eigenvalue weighted by atomic mass is 10.2. The zero-order valence-corrected chi connectivity index (χ0v) is 10.5. The number of aromatic hydroxyl groups is 1. The average molecular weight is 250 g/mol. The van der Waals surface area contributed by atoms with Crippen molar-refractivity contribution in [2.45, 2.75) is 6.42 Å². The number of rotatable bonds is 3. The van der Waals surface area contributed by atoms with E-state index in [1.54, 1.807) is 12.1 Å². The van der Waals surface area contributed by atoms with Gasteiger partial charge in [-0.1, -0.05) is 12.1 Å². The second kappa shape index (κ2) is 4.61. The van der Waals surface area contributed by atoms with Crippen LogP contribution in [0.3, 0.4) is 0 Å². The summed E-state index contributed by atoms with van der Waals surface area (Å²) < 4.78 is 2.01. The monoisotopic (exact) mass is 250 g/mol. The molecule has 0 aliphatic heterocycles. The molecule has 0 bridgehead atoms. The Morgan fingerprint density at radius 2 is 1.89 bits per heavy atom. The number of phenolic OH excluding ortho intramolecular Hbond substituents is 1. The van der Waals surface area contributed by atoms with E-state index in [-0.39, 0.29) is 5.75 Å². The van der Waals surface area contributed by atoms with Gasteiger partial charge in [0, 0.05) is 18.0 Å². The summed E-state index contributed by atoms with van der Waals surface area (Å²) >= 11 is 0. The zero-order chi connectivity index (χ0) is 13.2. The fourth-order valence-electron chi connectivity index (χ4n) is 2.10. The molecule has 3 nitrogen and oxygen atoms in total. The van der Waals surface area contributed by atoms with Crippen molar-refractivity contribution < 1.29 is 5.11 Å². The molecule has 3 heteroatoms. The fourth-order valence-corrected chi connectivity index (χ4v) is 2.10. The predicted molar refractivity (Wildman–Crippen MR) is 76.2 cm³/mol. The van der Waals surface area contributed by atoms with Gasteiger partial charge in [-0.05, 0) is 42.3 Å². The summed E-state index contributed by atoms with van der Waals surface area (Å²) in [5.74, 6) is 0.265. The van der Waals surface area contributed by atoms with Crippen LogP contribution in [0.25, 0.3) is 16.9 Å². The maximum absolute atomic E-state index is 9.30. The first kappa shape index (κ1) is 11.5. The number of allylic oxidation sites excluding steroid dienone is 1. The van der Waals surface area contributed by atoms with Crippen LogP contribution in [0.4, 0.5) is 0 Å². The first-order valence-corrected chi connectivity index (χ1v) is 6.14. The van der Waals surface area contributed by atoms with E-state index < -0.39 is 0 Å². The molecular weight excluding hydrogens is 236 g/mol. The van der Waals surface area contributed by atoms with Crippen molar-refractivity contribution in [3.05, 3.63) is 67.0 Å². The van der Waals surface area contributed by atoms with Crippen molar-refractivity contribution in [1.82, 2.24) is 9.38 Å². The van der Waals surface area contributed by atoms with E-state index >= 15 is 0 Å². The molecule has 2 heterocycles. The van der Waals surface area contributed by atoms with E-state index in [1.807, 2.05) is 34.9 Å². The van der Waals surface area contributed by atoms with Gasteiger partial charge in [0.2, 0.25) is 0 Å². The van der Waals surface area contributed by atoms with Crippen molar-refractivity contribution >= 4 is 5.65 Å². The number of hydrogen-bond donors (Lipinski definition) is 1. The Morgan fingerprint density at radius 1 is 1.11 bits per heavy atom. The number of phenols is 1. The van der Waals surface area contributed by atoms with Crippen molar-refractivity contribution in [2.75, 3.05) is 0 Å². The molecule has 0 aliphatic carbocycles. The van der Waals surface area contributed by atoms with Gasteiger partial charge in [0.1, 0.15) is 11.4 Å². The number of benzene rings is 1. The van der Waals surface area contributed by atoms with Gasteiger partial charge in [0.15, 0.2) is 0 Å². The molecule has 0 saturated heterocycles. The molecule has 0 aliphatic rings. The minimum atomic E-state index is 0.265. The molecule has 19 heavy (non-hydrogen) atoms. The first-order valence-electron chi connectivity index (χ1n) is 6.14. The van der Waals surface area contributed by atoms with Crippen LogP contribution in [0.5, 0.6) is 5.75 Å². The standard InChI is InChI=1S/C16H14N2O/c1-2-3-12-4-9-16-17-15(11-18(16)10-12)13-5-7-14(19)8-6-13/h2,4-11,19H,1,3H2. The highest BCUT2D eigenvalue weighted by molar-refractivity contribution is 5.63. The molecule has 0 atom stereocenters. The van der Waals surface area contributed by atoms with Crippen LogP contribution in [0.2, 0.25) is 0 Å². The summed E-state index contributed by atoms with van der Waals surface area (Å²) in [6.45, 7) is 3.75. The van der Waals surface area contributed by atoms with Crippen LogP contribution in [-0.2, 0) is 6.42 Å². The minimum absolute atomic E-state index is 0.265. The van der Waals surface area contributed by atoms with Gasteiger partial charge in [0.05, 0.1) is 5.69 Å². The number of fused-ring (bicyclic) bond motifs is 1. The van der Waals surface area contributed by atoms with Crippen molar-refractivity contribution in [3.63, 3.8) is 0 Å². The summed E-state index contributed by atoms with van der Waals surface area (Å²) in [4.78, 5) is 4.57. The van der Waals surface area contributed by atoms with Gasteiger partial charge in [0.25, 0.3) is 0 Å². The van der Waals surface area contributed by atoms with Crippen molar-refractivity contribution in [3.8, 4) is 17.0 Å². The van der Waals surface area contributed by atoms with E-state index in [0.29, 0.717) is 0 Å². The van der Waals surface area contributed by atoms with Crippen LogP contribution >= 0.6 is 0 Å². The fraction of sp³-hybridized carbons (Fsp3) is 0.0625. The maximum atomic E-state index is 9.30. The van der Waals surface area contributed by atoms with Crippen LogP contribution < -0.4 is 0 Å². The van der Waals surface area contributed by atoms with Crippen LogP contribution in [-0.4, -0.2) is 14.5 Å². The Hall–Kier alpha value is -2.55. The summed E-state index contributed by atoms with van der Waals surface area (Å²) in [5, 5.41) is 9.30. The molecule has 3 rings (SSSR count). The van der Waals surface area contributed by atoms with E-state index in [9.17, 15) is 5.11 Å². The second-order valence-electron chi connectivity index (χ2n) is 4.47. The third kappa shape index (κ3) is 2.22. The third-order valence-corrected chi connectivity index (χ3v) is 3.06. The van der Waals surface area contributed by atoms with Gasteiger partial charge < -0.3 is 9.51 Å². The Labute approximate surface area is 111 Å². The molecular formula is C16H14N2O. The summed E-state index contributed by atoms with van der Waals surface area (Å²) in [7, 11) is 0. The van der Waals surface area contributed by atoms with Gasteiger partial charge in [-0.15, -0.1) is 6.58 Å². The largest absolute Gasteiger partial charge is 0.508 e. The van der Waals surface area contributed by atoms with Gasteiger partial charge >= 0.3 is 0 Å². The van der Waals surface area contributed by atoms with Crippen molar-refractivity contribution in [2.24, 2.45) is 0 Å². The summed E-state index contributed by atoms with van der Waals surface area (Å²) in [6.07, 6.45) is 6.80. The smallest absolute Gasteiger partial charge is 0.137 e. The molecule has 0 amide bonds. The molecule has 0 radical (unpaired) electrons. The van der Waals surface area contributed by atoms with E-state index in [4.69, 9.17) is 0 Å². The Morgan fingerprint density at radius 3 is 2.63 bits per heavy atom. The first-order chi connectivity index (χ1) is 9.26. The number of hydrogen-bond acceptors (Lipinski definition) is 2. The zero-order valence-electron chi connectivity index (χ0n) is 10.5. The lowest BCUT2D eigenvalue weighted by molar-refractivity contribution is 0.475. The Balaban J connectivity index is 2.05. The number of aromatic nitrogens is 2. The normalized spacial score (nSPS) is 10.7. The Bertz CT molecular complexity index is 726. The van der Waals surface area contributed by atoms with Crippen LogP contribution in [0, 0.1) is 0 Å². The third-order valence-electron chi connectivity index (χ3n) is 3.06. The number of pyridine rings is 1. The predicted octanol–water partition coefficient (Wildman–Crippen LogP) is 3.44. The SMILES string of the molecule is C=CCc1ccc2nc(-c3ccc(O)cc3)cn2c1. The highest BCUT2D eigenvalue weighted by Gasteiger charge is 2.04. The second-order valence-corrected chi connectivity index (χ2v) is 4.47. The van der Waals surface area contributed by atoms with Crippen LogP contribution in [0.1, 0.15) is 5.56 Å². The highest BCUT2D eigenvalue weighted by Crippen LogP contribution is 2.21. The van der Waals surface area contributed by atoms with Gasteiger partial charge in [-0.3, -0.25) is 0 Å². The lowest BCUT2D eigenvalue weighted by Crippen LogP contribution is -1.87. The average Bonchev–Trinajstić information content (AvgIpc) is 2.83. The summed E-state index contributed by atoms with van der Waals surface area (Å²) in [6, 6.07) is 11.1.